The minimum Gasteiger partial charge on any atom is -0.192 e. The Kier molecular flexibility index (Phi) is 4.00. The van der Waals surface area contributed by atoms with Gasteiger partial charge in [0, 0.05) is 8.90 Å². The zero-order valence-corrected chi connectivity index (χ0v) is 10.9. The molecule has 1 aromatic rings. The maximum Gasteiger partial charge on any atom is 0.417 e. The molecule has 0 aromatic heterocycles. The predicted molar refractivity (Wildman–Crippen MR) is 61.5 cm³/mol. The summed E-state index contributed by atoms with van der Waals surface area (Å²) in [5.74, 6) is 0. The van der Waals surface area contributed by atoms with Crippen LogP contribution < -0.4 is 0 Å². The van der Waals surface area contributed by atoms with Crippen LogP contribution in [0.3, 0.4) is 0 Å². The Morgan fingerprint density at radius 3 is 2.40 bits per heavy atom. The summed E-state index contributed by atoms with van der Waals surface area (Å²) in [6.45, 7) is 0. The lowest BCUT2D eigenvalue weighted by Crippen LogP contribution is -2.09. The summed E-state index contributed by atoms with van der Waals surface area (Å²) in [6.07, 6.45) is -4.37. The van der Waals surface area contributed by atoms with Gasteiger partial charge in [-0.25, -0.2) is 0 Å². The quantitative estimate of drug-likeness (QED) is 0.524. The summed E-state index contributed by atoms with van der Waals surface area (Å²) in [7, 11) is 0. The zero-order chi connectivity index (χ0) is 11.6. The standard InChI is InChI=1S/C9H4BrF3IN/c10-3-5-1-7(9(11,12)13)8(14)2-6(5)4-15/h1-2H,3H2. The van der Waals surface area contributed by atoms with Crippen molar-refractivity contribution in [3.05, 3.63) is 32.4 Å². The molecule has 6 heteroatoms. The van der Waals surface area contributed by atoms with Gasteiger partial charge in [0.05, 0.1) is 17.2 Å². The molecule has 0 fully saturated rings. The highest BCUT2D eigenvalue weighted by Crippen LogP contribution is 2.34. The van der Waals surface area contributed by atoms with Crippen molar-refractivity contribution in [1.82, 2.24) is 0 Å². The number of rotatable bonds is 1. The molecule has 0 aliphatic rings. The monoisotopic (exact) mass is 389 g/mol. The van der Waals surface area contributed by atoms with E-state index in [4.69, 9.17) is 5.26 Å². The molecule has 1 aromatic carbocycles. The fourth-order valence-corrected chi connectivity index (χ4v) is 2.29. The van der Waals surface area contributed by atoms with E-state index in [0.717, 1.165) is 6.07 Å². The Bertz CT molecular complexity index is 423. The highest BCUT2D eigenvalue weighted by Gasteiger charge is 2.33. The summed E-state index contributed by atoms with van der Waals surface area (Å²) in [5.41, 5.74) is -0.0777. The SMILES string of the molecule is N#Cc1cc(I)c(C(F)(F)F)cc1CBr. The maximum absolute atomic E-state index is 12.5. The Labute approximate surface area is 107 Å². The highest BCUT2D eigenvalue weighted by atomic mass is 127. The Balaban J connectivity index is 3.41. The molecule has 0 unspecified atom stereocenters. The van der Waals surface area contributed by atoms with Crippen LogP contribution in [0.1, 0.15) is 16.7 Å². The van der Waals surface area contributed by atoms with Crippen LogP contribution in [0.15, 0.2) is 12.1 Å². The Hall–Kier alpha value is -0.290. The van der Waals surface area contributed by atoms with Gasteiger partial charge in [0.2, 0.25) is 0 Å². The molecule has 0 heterocycles. The van der Waals surface area contributed by atoms with E-state index in [2.05, 4.69) is 15.9 Å². The number of alkyl halides is 4. The van der Waals surface area contributed by atoms with Crippen molar-refractivity contribution >= 4 is 38.5 Å². The second kappa shape index (κ2) is 4.70. The lowest BCUT2D eigenvalue weighted by atomic mass is 10.1. The van der Waals surface area contributed by atoms with Crippen LogP contribution in [-0.4, -0.2) is 0 Å². The van der Waals surface area contributed by atoms with E-state index < -0.39 is 11.7 Å². The van der Waals surface area contributed by atoms with Gasteiger partial charge in [-0.1, -0.05) is 15.9 Å². The predicted octanol–water partition coefficient (Wildman–Crippen LogP) is 4.08. The number of hydrogen-bond acceptors (Lipinski definition) is 1. The van der Waals surface area contributed by atoms with Gasteiger partial charge in [-0.15, -0.1) is 0 Å². The number of benzene rings is 1. The largest absolute Gasteiger partial charge is 0.417 e. The second-order valence-corrected chi connectivity index (χ2v) is 4.46. The van der Waals surface area contributed by atoms with Crippen molar-refractivity contribution in [1.29, 1.82) is 5.26 Å². The first-order valence-electron chi connectivity index (χ1n) is 3.76. The van der Waals surface area contributed by atoms with Crippen LogP contribution in [0, 0.1) is 14.9 Å². The van der Waals surface area contributed by atoms with E-state index in [0.29, 0.717) is 5.56 Å². The average Bonchev–Trinajstić information content (AvgIpc) is 2.15. The van der Waals surface area contributed by atoms with Gasteiger partial charge in [-0.2, -0.15) is 18.4 Å². The number of nitrogens with zero attached hydrogens (tertiary/aromatic N) is 1. The van der Waals surface area contributed by atoms with E-state index >= 15 is 0 Å². The molecule has 0 bridgehead atoms. The van der Waals surface area contributed by atoms with Crippen molar-refractivity contribution in [2.75, 3.05) is 0 Å². The molecular formula is C9H4BrF3IN. The van der Waals surface area contributed by atoms with Crippen molar-refractivity contribution in [3.63, 3.8) is 0 Å². The zero-order valence-electron chi connectivity index (χ0n) is 7.20. The molecule has 0 saturated carbocycles. The van der Waals surface area contributed by atoms with Gasteiger partial charge < -0.3 is 0 Å². The molecule has 0 aliphatic heterocycles. The Morgan fingerprint density at radius 1 is 1.40 bits per heavy atom. The summed E-state index contributed by atoms with van der Waals surface area (Å²) in [5, 5.41) is 8.94. The molecule has 0 spiro atoms. The molecule has 80 valence electrons. The summed E-state index contributed by atoms with van der Waals surface area (Å²) >= 11 is 4.63. The molecule has 15 heavy (non-hydrogen) atoms. The average molecular weight is 390 g/mol. The fraction of sp³-hybridized carbons (Fsp3) is 0.222. The van der Waals surface area contributed by atoms with E-state index in [1.807, 2.05) is 6.07 Å². The van der Waals surface area contributed by atoms with E-state index in [9.17, 15) is 13.2 Å². The normalized spacial score (nSPS) is 11.2. The first-order chi connectivity index (χ1) is 6.90. The van der Waals surface area contributed by atoms with Crippen LogP contribution in [0.2, 0.25) is 0 Å². The minimum atomic E-state index is -4.37. The first-order valence-corrected chi connectivity index (χ1v) is 5.96. The highest BCUT2D eigenvalue weighted by molar-refractivity contribution is 14.1. The van der Waals surface area contributed by atoms with E-state index in [1.54, 1.807) is 22.6 Å². The third-order valence-electron chi connectivity index (χ3n) is 1.76. The van der Waals surface area contributed by atoms with Crippen molar-refractivity contribution in [2.24, 2.45) is 0 Å². The van der Waals surface area contributed by atoms with Crippen molar-refractivity contribution in [3.8, 4) is 6.07 Å². The van der Waals surface area contributed by atoms with Gasteiger partial charge in [-0.05, 0) is 40.3 Å². The Morgan fingerprint density at radius 2 is 2.00 bits per heavy atom. The minimum absolute atomic E-state index is 0.0429. The number of hydrogen-bond donors (Lipinski definition) is 0. The van der Waals surface area contributed by atoms with Gasteiger partial charge >= 0.3 is 6.18 Å². The lowest BCUT2D eigenvalue weighted by molar-refractivity contribution is -0.138. The van der Waals surface area contributed by atoms with Crippen LogP contribution in [0.4, 0.5) is 13.2 Å². The molecular weight excluding hydrogens is 386 g/mol. The topological polar surface area (TPSA) is 23.8 Å². The summed E-state index contributed by atoms with van der Waals surface area (Å²) in [6, 6.07) is 4.12. The summed E-state index contributed by atoms with van der Waals surface area (Å²) in [4.78, 5) is 0. The number of halogens is 5. The first kappa shape index (κ1) is 12.8. The van der Waals surface area contributed by atoms with Crippen LogP contribution >= 0.6 is 38.5 Å². The van der Waals surface area contributed by atoms with Crippen LogP contribution in [0.25, 0.3) is 0 Å². The third kappa shape index (κ3) is 2.84. The number of nitriles is 1. The summed E-state index contributed by atoms with van der Waals surface area (Å²) < 4.78 is 37.5. The molecule has 0 N–H and O–H groups in total. The van der Waals surface area contributed by atoms with Crippen LogP contribution in [0.5, 0.6) is 0 Å². The van der Waals surface area contributed by atoms with Gasteiger partial charge in [-0.3, -0.25) is 0 Å². The van der Waals surface area contributed by atoms with Gasteiger partial charge in [0.1, 0.15) is 0 Å². The maximum atomic E-state index is 12.5. The molecule has 0 radical (unpaired) electrons. The lowest BCUT2D eigenvalue weighted by Gasteiger charge is -2.11. The van der Waals surface area contributed by atoms with Crippen LogP contribution in [-0.2, 0) is 11.5 Å². The molecule has 0 amide bonds. The molecule has 1 nitrogen and oxygen atoms in total. The fourth-order valence-electron chi connectivity index (χ4n) is 1.05. The molecule has 0 aliphatic carbocycles. The van der Waals surface area contributed by atoms with E-state index in [-0.39, 0.29) is 14.5 Å². The van der Waals surface area contributed by atoms with Crippen molar-refractivity contribution in [2.45, 2.75) is 11.5 Å². The molecule has 0 atom stereocenters. The van der Waals surface area contributed by atoms with Gasteiger partial charge in [0.25, 0.3) is 0 Å². The van der Waals surface area contributed by atoms with Crippen molar-refractivity contribution < 1.29 is 13.2 Å². The third-order valence-corrected chi connectivity index (χ3v) is 3.26. The molecule has 0 saturated heterocycles. The van der Waals surface area contributed by atoms with E-state index in [1.165, 1.54) is 6.07 Å². The molecule has 1 rings (SSSR count). The smallest absolute Gasteiger partial charge is 0.192 e. The second-order valence-electron chi connectivity index (χ2n) is 2.73. The van der Waals surface area contributed by atoms with Gasteiger partial charge in [0.15, 0.2) is 0 Å².